The van der Waals surface area contributed by atoms with E-state index in [2.05, 4.69) is 47.2 Å². The maximum absolute atomic E-state index is 8.64. The fraction of sp³-hybridized carbons (Fsp3) is 0.125. The number of aliphatic imine (C=N–C) groups is 1. The minimum atomic E-state index is 0.270. The summed E-state index contributed by atoms with van der Waals surface area (Å²) in [6.07, 6.45) is 0.270. The number of nitriles is 1. The molecule has 0 radical (unpaired) electrons. The largest absolute Gasteiger partial charge is 0.343 e. The molecule has 2 aromatic rings. The predicted octanol–water partition coefficient (Wildman–Crippen LogP) is 3.23. The number of fused-ring (bicyclic) bond motifs is 1. The van der Waals surface area contributed by atoms with E-state index in [9.17, 15) is 0 Å². The van der Waals surface area contributed by atoms with Crippen molar-refractivity contribution in [1.29, 1.82) is 5.26 Å². The Morgan fingerprint density at radius 3 is 2.68 bits per heavy atom. The summed E-state index contributed by atoms with van der Waals surface area (Å²) in [7, 11) is 1.72. The molecule has 0 aliphatic heterocycles. The molecule has 94 valence electrons. The molecule has 0 aromatic heterocycles. The van der Waals surface area contributed by atoms with Gasteiger partial charge < -0.3 is 5.32 Å². The highest BCUT2D eigenvalue weighted by atomic mass is 15.0. The summed E-state index contributed by atoms with van der Waals surface area (Å²) in [5, 5.41) is 14.1. The summed E-state index contributed by atoms with van der Waals surface area (Å²) in [4.78, 5) is 4.22. The molecular formula is C16H15N3. The zero-order valence-electron chi connectivity index (χ0n) is 10.9. The average molecular weight is 249 g/mol. The number of hydrogen-bond donors (Lipinski definition) is 1. The van der Waals surface area contributed by atoms with E-state index in [1.807, 2.05) is 18.2 Å². The van der Waals surface area contributed by atoms with Crippen molar-refractivity contribution in [3.8, 4) is 6.07 Å². The van der Waals surface area contributed by atoms with Crippen molar-refractivity contribution < 1.29 is 0 Å². The first-order chi connectivity index (χ1) is 9.24. The summed E-state index contributed by atoms with van der Waals surface area (Å²) in [6, 6.07) is 16.4. The minimum absolute atomic E-state index is 0.270. The molecule has 0 bridgehead atoms. The van der Waals surface area contributed by atoms with Gasteiger partial charge in [0.25, 0.3) is 0 Å². The third-order valence-corrected chi connectivity index (χ3v) is 2.83. The molecule has 0 spiro atoms. The molecule has 19 heavy (non-hydrogen) atoms. The maximum Gasteiger partial charge on any atom is 0.132 e. The molecule has 0 saturated heterocycles. The standard InChI is InChI=1S/C16H15N3/c1-12(9-10-17)19-16(18-2)15-8-7-13-5-3-4-6-14(13)11-15/h3-8,11H,1,9H2,2H3,(H,18,19). The quantitative estimate of drug-likeness (QED) is 0.670. The molecule has 0 saturated carbocycles. The first-order valence-corrected chi connectivity index (χ1v) is 6.02. The summed E-state index contributed by atoms with van der Waals surface area (Å²) >= 11 is 0. The monoisotopic (exact) mass is 249 g/mol. The molecule has 2 aromatic carbocycles. The van der Waals surface area contributed by atoms with E-state index in [4.69, 9.17) is 5.26 Å². The highest BCUT2D eigenvalue weighted by Crippen LogP contribution is 2.16. The second kappa shape index (κ2) is 5.83. The van der Waals surface area contributed by atoms with Crippen LogP contribution in [0.1, 0.15) is 12.0 Å². The van der Waals surface area contributed by atoms with E-state index in [0.29, 0.717) is 5.70 Å². The number of allylic oxidation sites excluding steroid dienone is 1. The lowest BCUT2D eigenvalue weighted by atomic mass is 10.1. The highest BCUT2D eigenvalue weighted by molar-refractivity contribution is 6.02. The van der Waals surface area contributed by atoms with Crippen LogP contribution >= 0.6 is 0 Å². The summed E-state index contributed by atoms with van der Waals surface area (Å²) in [6.45, 7) is 3.81. The lowest BCUT2D eigenvalue weighted by molar-refractivity contribution is 1.05. The van der Waals surface area contributed by atoms with Crippen LogP contribution in [0.15, 0.2) is 59.7 Å². The van der Waals surface area contributed by atoms with Crippen LogP contribution in [0, 0.1) is 11.3 Å². The van der Waals surface area contributed by atoms with Crippen LogP contribution in [-0.2, 0) is 0 Å². The van der Waals surface area contributed by atoms with Crippen molar-refractivity contribution in [1.82, 2.24) is 5.32 Å². The highest BCUT2D eigenvalue weighted by Gasteiger charge is 2.04. The Bertz CT molecular complexity index is 678. The summed E-state index contributed by atoms with van der Waals surface area (Å²) < 4.78 is 0. The van der Waals surface area contributed by atoms with Gasteiger partial charge in [-0.3, -0.25) is 4.99 Å². The van der Waals surface area contributed by atoms with E-state index < -0.39 is 0 Å². The Kier molecular flexibility index (Phi) is 3.94. The molecule has 3 heteroatoms. The minimum Gasteiger partial charge on any atom is -0.343 e. The van der Waals surface area contributed by atoms with Gasteiger partial charge in [0.1, 0.15) is 5.84 Å². The van der Waals surface area contributed by atoms with Gasteiger partial charge in [0.2, 0.25) is 0 Å². The van der Waals surface area contributed by atoms with Crippen LogP contribution in [0.5, 0.6) is 0 Å². The molecular weight excluding hydrogens is 234 g/mol. The van der Waals surface area contributed by atoms with Crippen molar-refractivity contribution in [2.24, 2.45) is 4.99 Å². The van der Waals surface area contributed by atoms with Crippen LogP contribution in [0.4, 0.5) is 0 Å². The molecule has 0 fully saturated rings. The van der Waals surface area contributed by atoms with E-state index in [0.717, 1.165) is 16.8 Å². The summed E-state index contributed by atoms with van der Waals surface area (Å²) in [5.74, 6) is 0.728. The van der Waals surface area contributed by atoms with Gasteiger partial charge in [0.15, 0.2) is 0 Å². The van der Waals surface area contributed by atoms with Gasteiger partial charge in [-0.2, -0.15) is 5.26 Å². The Morgan fingerprint density at radius 2 is 2.00 bits per heavy atom. The fourth-order valence-electron chi connectivity index (χ4n) is 1.90. The first kappa shape index (κ1) is 12.8. The van der Waals surface area contributed by atoms with E-state index in [-0.39, 0.29) is 6.42 Å². The zero-order valence-corrected chi connectivity index (χ0v) is 10.9. The van der Waals surface area contributed by atoms with E-state index in [1.165, 1.54) is 5.39 Å². The molecule has 0 amide bonds. The molecule has 0 aliphatic rings. The number of hydrogen-bond acceptors (Lipinski definition) is 2. The number of amidine groups is 1. The molecule has 1 N–H and O–H groups in total. The van der Waals surface area contributed by atoms with Crippen LogP contribution in [0.3, 0.4) is 0 Å². The van der Waals surface area contributed by atoms with Crippen molar-refractivity contribution in [2.75, 3.05) is 7.05 Å². The Labute approximate surface area is 112 Å². The SMILES string of the molecule is C=C(CC#N)N/C(=N\C)c1ccc2ccccc2c1. The molecule has 0 aliphatic carbocycles. The normalized spacial score (nSPS) is 11.1. The van der Waals surface area contributed by atoms with Gasteiger partial charge in [-0.25, -0.2) is 0 Å². The Morgan fingerprint density at radius 1 is 1.26 bits per heavy atom. The average Bonchev–Trinajstić information content (AvgIpc) is 2.44. The number of nitrogens with one attached hydrogen (secondary N) is 1. The van der Waals surface area contributed by atoms with Gasteiger partial charge in [0.05, 0.1) is 12.5 Å². The van der Waals surface area contributed by atoms with Gasteiger partial charge >= 0.3 is 0 Å². The molecule has 0 heterocycles. The second-order valence-corrected chi connectivity index (χ2v) is 4.20. The van der Waals surface area contributed by atoms with Gasteiger partial charge in [-0.1, -0.05) is 43.0 Å². The number of rotatable bonds is 3. The first-order valence-electron chi connectivity index (χ1n) is 6.02. The predicted molar refractivity (Wildman–Crippen MR) is 78.9 cm³/mol. The van der Waals surface area contributed by atoms with Gasteiger partial charge in [0, 0.05) is 18.3 Å². The Balaban J connectivity index is 2.31. The van der Waals surface area contributed by atoms with Crippen molar-refractivity contribution in [3.63, 3.8) is 0 Å². The molecule has 3 nitrogen and oxygen atoms in total. The lowest BCUT2D eigenvalue weighted by Gasteiger charge is -2.10. The van der Waals surface area contributed by atoms with Crippen molar-refractivity contribution in [3.05, 3.63) is 60.3 Å². The van der Waals surface area contributed by atoms with E-state index >= 15 is 0 Å². The van der Waals surface area contributed by atoms with Crippen LogP contribution < -0.4 is 5.32 Å². The molecule has 0 atom stereocenters. The van der Waals surface area contributed by atoms with Gasteiger partial charge in [-0.15, -0.1) is 0 Å². The topological polar surface area (TPSA) is 48.2 Å². The smallest absolute Gasteiger partial charge is 0.132 e. The Hall–Kier alpha value is -2.60. The third kappa shape index (κ3) is 2.99. The fourth-order valence-corrected chi connectivity index (χ4v) is 1.90. The molecule has 0 unspecified atom stereocenters. The summed E-state index contributed by atoms with van der Waals surface area (Å²) in [5.41, 5.74) is 1.64. The second-order valence-electron chi connectivity index (χ2n) is 4.20. The van der Waals surface area contributed by atoms with Crippen molar-refractivity contribution >= 4 is 16.6 Å². The van der Waals surface area contributed by atoms with Gasteiger partial charge in [-0.05, 0) is 16.8 Å². The molecule has 2 rings (SSSR count). The van der Waals surface area contributed by atoms with Crippen LogP contribution in [0.25, 0.3) is 10.8 Å². The zero-order chi connectivity index (χ0) is 13.7. The number of nitrogens with zero attached hydrogens (tertiary/aromatic N) is 2. The van der Waals surface area contributed by atoms with Crippen molar-refractivity contribution in [2.45, 2.75) is 6.42 Å². The lowest BCUT2D eigenvalue weighted by Crippen LogP contribution is -2.23. The van der Waals surface area contributed by atoms with E-state index in [1.54, 1.807) is 7.05 Å². The van der Waals surface area contributed by atoms with Crippen LogP contribution in [0.2, 0.25) is 0 Å². The maximum atomic E-state index is 8.64. The van der Waals surface area contributed by atoms with Crippen LogP contribution in [-0.4, -0.2) is 12.9 Å². The third-order valence-electron chi connectivity index (χ3n) is 2.83. The number of benzene rings is 2.